The zero-order valence-electron chi connectivity index (χ0n) is 10.4. The highest BCUT2D eigenvalue weighted by Crippen LogP contribution is 2.22. The lowest BCUT2D eigenvalue weighted by atomic mass is 10.0. The lowest BCUT2D eigenvalue weighted by molar-refractivity contribution is 0.0990. The molecule has 4 heteroatoms. The van der Waals surface area contributed by atoms with Gasteiger partial charge in [0.15, 0.2) is 5.78 Å². The molecule has 0 aliphatic carbocycles. The summed E-state index contributed by atoms with van der Waals surface area (Å²) in [6, 6.07) is 10.1. The largest absolute Gasteiger partial charge is 0.313 e. The van der Waals surface area contributed by atoms with Gasteiger partial charge in [0.1, 0.15) is 11.6 Å². The van der Waals surface area contributed by atoms with Crippen LogP contribution in [0.4, 0.5) is 8.78 Å². The number of ketones is 1. The predicted octanol–water partition coefficient (Wildman–Crippen LogP) is 3.03. The first kappa shape index (κ1) is 13.4. The van der Waals surface area contributed by atoms with Crippen LogP contribution in [0.3, 0.4) is 0 Å². The van der Waals surface area contributed by atoms with E-state index in [2.05, 4.69) is 5.32 Å². The fraction of sp³-hybridized carbons (Fsp3) is 0.133. The first-order chi connectivity index (χ1) is 9.11. The Bertz CT molecular complexity index is 594. The minimum atomic E-state index is -0.550. The maximum Gasteiger partial charge on any atom is 0.179 e. The highest BCUT2D eigenvalue weighted by molar-refractivity contribution is 5.98. The number of likely N-dealkylation sites (N-methyl/N-ethyl adjacent to an activating group) is 1. The van der Waals surface area contributed by atoms with Crippen LogP contribution in [0.25, 0.3) is 11.1 Å². The summed E-state index contributed by atoms with van der Waals surface area (Å²) < 4.78 is 26.5. The first-order valence-electron chi connectivity index (χ1n) is 5.85. The third kappa shape index (κ3) is 3.03. The van der Waals surface area contributed by atoms with Crippen molar-refractivity contribution in [3.05, 3.63) is 59.7 Å². The van der Waals surface area contributed by atoms with E-state index in [0.29, 0.717) is 5.56 Å². The van der Waals surface area contributed by atoms with E-state index < -0.39 is 5.82 Å². The Labute approximate surface area is 110 Å². The lowest BCUT2D eigenvalue weighted by Gasteiger charge is -2.06. The number of benzene rings is 2. The second-order valence-corrected chi connectivity index (χ2v) is 4.16. The summed E-state index contributed by atoms with van der Waals surface area (Å²) in [5.41, 5.74) is 1.46. The van der Waals surface area contributed by atoms with Gasteiger partial charge in [-0.3, -0.25) is 4.79 Å². The Kier molecular flexibility index (Phi) is 4.02. The number of rotatable bonds is 4. The van der Waals surface area contributed by atoms with Gasteiger partial charge in [0.25, 0.3) is 0 Å². The van der Waals surface area contributed by atoms with Gasteiger partial charge < -0.3 is 5.32 Å². The van der Waals surface area contributed by atoms with Gasteiger partial charge in [-0.25, -0.2) is 8.78 Å². The van der Waals surface area contributed by atoms with Gasteiger partial charge in [0, 0.05) is 0 Å². The molecule has 0 radical (unpaired) electrons. The summed E-state index contributed by atoms with van der Waals surface area (Å²) in [6.45, 7) is 0.0732. The third-order valence-electron chi connectivity index (χ3n) is 2.78. The van der Waals surface area contributed by atoms with E-state index in [4.69, 9.17) is 0 Å². The standard InChI is InChI=1S/C15H13F2NO/c1-18-9-15(19)13-8-11(4-7-14(13)17)10-2-5-12(16)6-3-10/h2-8,18H,9H2,1H3. The van der Waals surface area contributed by atoms with Crippen molar-refractivity contribution in [3.8, 4) is 11.1 Å². The molecule has 0 atom stereocenters. The molecule has 19 heavy (non-hydrogen) atoms. The van der Waals surface area contributed by atoms with E-state index in [9.17, 15) is 13.6 Å². The van der Waals surface area contributed by atoms with Crippen molar-refractivity contribution in [2.75, 3.05) is 13.6 Å². The van der Waals surface area contributed by atoms with Gasteiger partial charge in [0.05, 0.1) is 12.1 Å². The van der Waals surface area contributed by atoms with Crippen molar-refractivity contribution < 1.29 is 13.6 Å². The number of nitrogens with one attached hydrogen (secondary N) is 1. The molecule has 2 aromatic carbocycles. The molecule has 2 nitrogen and oxygen atoms in total. The van der Waals surface area contributed by atoms with Crippen LogP contribution < -0.4 is 5.32 Å². The van der Waals surface area contributed by atoms with Crippen LogP contribution in [-0.2, 0) is 0 Å². The molecule has 0 aromatic heterocycles. The third-order valence-corrected chi connectivity index (χ3v) is 2.78. The van der Waals surface area contributed by atoms with Crippen LogP contribution in [0.1, 0.15) is 10.4 Å². The summed E-state index contributed by atoms with van der Waals surface area (Å²) in [5, 5.41) is 2.69. The van der Waals surface area contributed by atoms with Gasteiger partial charge in [-0.15, -0.1) is 0 Å². The second kappa shape index (κ2) is 5.71. The van der Waals surface area contributed by atoms with Crippen molar-refractivity contribution in [1.82, 2.24) is 5.32 Å². The van der Waals surface area contributed by atoms with Crippen LogP contribution >= 0.6 is 0 Å². The van der Waals surface area contributed by atoms with E-state index >= 15 is 0 Å². The molecule has 0 aliphatic heterocycles. The average molecular weight is 261 g/mol. The van der Waals surface area contributed by atoms with Crippen molar-refractivity contribution in [2.45, 2.75) is 0 Å². The van der Waals surface area contributed by atoms with Gasteiger partial charge >= 0.3 is 0 Å². The Morgan fingerprint density at radius 1 is 1.05 bits per heavy atom. The maximum atomic E-state index is 13.6. The van der Waals surface area contributed by atoms with Crippen molar-refractivity contribution >= 4 is 5.78 Å². The van der Waals surface area contributed by atoms with Crippen LogP contribution in [0.5, 0.6) is 0 Å². The second-order valence-electron chi connectivity index (χ2n) is 4.16. The van der Waals surface area contributed by atoms with E-state index in [-0.39, 0.29) is 23.7 Å². The monoisotopic (exact) mass is 261 g/mol. The molecular formula is C15H13F2NO. The Hall–Kier alpha value is -2.07. The molecule has 0 unspecified atom stereocenters. The zero-order valence-corrected chi connectivity index (χ0v) is 10.4. The molecule has 0 saturated heterocycles. The number of halogens is 2. The first-order valence-corrected chi connectivity index (χ1v) is 5.85. The Morgan fingerprint density at radius 2 is 1.68 bits per heavy atom. The summed E-state index contributed by atoms with van der Waals surface area (Å²) in [7, 11) is 1.62. The summed E-state index contributed by atoms with van der Waals surface area (Å²) in [5.74, 6) is -1.20. The molecule has 0 bridgehead atoms. The lowest BCUT2D eigenvalue weighted by Crippen LogP contribution is -2.19. The minimum Gasteiger partial charge on any atom is -0.313 e. The summed E-state index contributed by atoms with van der Waals surface area (Å²) in [4.78, 5) is 11.7. The number of Topliss-reactive ketones (excluding diaryl/α,β-unsaturated/α-hetero) is 1. The predicted molar refractivity (Wildman–Crippen MR) is 70.1 cm³/mol. The van der Waals surface area contributed by atoms with E-state index in [1.165, 1.54) is 24.3 Å². The summed E-state index contributed by atoms with van der Waals surface area (Å²) >= 11 is 0. The molecule has 2 aromatic rings. The molecule has 0 amide bonds. The minimum absolute atomic E-state index is 0.0381. The average Bonchev–Trinajstić information content (AvgIpc) is 2.40. The maximum absolute atomic E-state index is 13.6. The van der Waals surface area contributed by atoms with Gasteiger partial charge in [-0.05, 0) is 42.4 Å². The number of hydrogen-bond acceptors (Lipinski definition) is 2. The topological polar surface area (TPSA) is 29.1 Å². The van der Waals surface area contributed by atoms with Crippen LogP contribution in [0.15, 0.2) is 42.5 Å². The molecule has 98 valence electrons. The van der Waals surface area contributed by atoms with Crippen molar-refractivity contribution in [1.29, 1.82) is 0 Å². The van der Waals surface area contributed by atoms with Gasteiger partial charge in [0.2, 0.25) is 0 Å². The summed E-state index contributed by atoms with van der Waals surface area (Å²) in [6.07, 6.45) is 0. The van der Waals surface area contributed by atoms with Crippen molar-refractivity contribution in [3.63, 3.8) is 0 Å². The molecule has 1 N–H and O–H groups in total. The van der Waals surface area contributed by atoms with Crippen LogP contribution in [0.2, 0.25) is 0 Å². The molecule has 0 heterocycles. The van der Waals surface area contributed by atoms with E-state index in [1.807, 2.05) is 0 Å². The van der Waals surface area contributed by atoms with Gasteiger partial charge in [-0.1, -0.05) is 18.2 Å². The van der Waals surface area contributed by atoms with E-state index in [1.54, 1.807) is 25.2 Å². The number of carbonyl (C=O) groups is 1. The Balaban J connectivity index is 2.40. The highest BCUT2D eigenvalue weighted by atomic mass is 19.1. The fourth-order valence-electron chi connectivity index (χ4n) is 1.82. The Morgan fingerprint density at radius 3 is 2.32 bits per heavy atom. The fourth-order valence-corrected chi connectivity index (χ4v) is 1.82. The smallest absolute Gasteiger partial charge is 0.179 e. The number of hydrogen-bond donors (Lipinski definition) is 1. The molecule has 0 spiro atoms. The molecule has 0 fully saturated rings. The van der Waals surface area contributed by atoms with Crippen LogP contribution in [-0.4, -0.2) is 19.4 Å². The molecule has 2 rings (SSSR count). The van der Waals surface area contributed by atoms with E-state index in [0.717, 1.165) is 5.56 Å². The SMILES string of the molecule is CNCC(=O)c1cc(-c2ccc(F)cc2)ccc1F. The molecule has 0 aliphatic rings. The van der Waals surface area contributed by atoms with Gasteiger partial charge in [-0.2, -0.15) is 0 Å². The normalized spacial score (nSPS) is 10.5. The quantitative estimate of drug-likeness (QED) is 0.857. The molecule has 0 saturated carbocycles. The highest BCUT2D eigenvalue weighted by Gasteiger charge is 2.12. The molecular weight excluding hydrogens is 248 g/mol. The zero-order chi connectivity index (χ0) is 13.8. The van der Waals surface area contributed by atoms with Crippen molar-refractivity contribution in [2.24, 2.45) is 0 Å². The number of carbonyl (C=O) groups excluding carboxylic acids is 1. The van der Waals surface area contributed by atoms with Crippen LogP contribution in [0, 0.1) is 11.6 Å².